The summed E-state index contributed by atoms with van der Waals surface area (Å²) in [5.74, 6) is 0.776. The lowest BCUT2D eigenvalue weighted by Crippen LogP contribution is -2.17. The van der Waals surface area contributed by atoms with Crippen molar-refractivity contribution in [2.45, 2.75) is 34.6 Å². The van der Waals surface area contributed by atoms with Gasteiger partial charge in [-0.15, -0.1) is 0 Å². The first-order valence-electron chi connectivity index (χ1n) is 8.23. The van der Waals surface area contributed by atoms with Crippen LogP contribution in [0.1, 0.15) is 40.2 Å². The maximum absolute atomic E-state index is 9.97. The summed E-state index contributed by atoms with van der Waals surface area (Å²) in [4.78, 5) is 9.97. The van der Waals surface area contributed by atoms with Gasteiger partial charge in [-0.05, 0) is 38.0 Å². The summed E-state index contributed by atoms with van der Waals surface area (Å²) in [7, 11) is 1.67. The first kappa shape index (κ1) is 20.6. The number of fused-ring (bicyclic) bond motifs is 1. The molecule has 1 heterocycles. The lowest BCUT2D eigenvalue weighted by Gasteiger charge is -2.19. The van der Waals surface area contributed by atoms with E-state index in [1.165, 1.54) is 11.6 Å². The quantitative estimate of drug-likeness (QED) is 0.611. The van der Waals surface area contributed by atoms with Gasteiger partial charge in [0.25, 0.3) is 0 Å². The van der Waals surface area contributed by atoms with Crippen molar-refractivity contribution in [2.24, 2.45) is 5.41 Å². The van der Waals surface area contributed by atoms with Crippen molar-refractivity contribution >= 4 is 11.5 Å². The number of hydrogen-bond donors (Lipinski definition) is 1. The lowest BCUT2D eigenvalue weighted by molar-refractivity contribution is -0.131. The van der Waals surface area contributed by atoms with Crippen LogP contribution in [0.15, 0.2) is 48.1 Å². The minimum atomic E-state index is -0.898. The van der Waals surface area contributed by atoms with E-state index < -0.39 is 5.97 Å². The number of allylic oxidation sites excluding steroid dienone is 4. The van der Waals surface area contributed by atoms with Gasteiger partial charge < -0.3 is 14.6 Å². The number of para-hydroxylation sites is 1. The van der Waals surface area contributed by atoms with Crippen molar-refractivity contribution in [3.05, 3.63) is 53.6 Å². The zero-order valence-corrected chi connectivity index (χ0v) is 15.9. The van der Waals surface area contributed by atoms with Crippen LogP contribution >= 0.6 is 0 Å². The van der Waals surface area contributed by atoms with Crippen molar-refractivity contribution in [2.75, 3.05) is 13.7 Å². The molecular weight excluding hydrogens is 316 g/mol. The van der Waals surface area contributed by atoms with E-state index in [1.54, 1.807) is 26.2 Å². The van der Waals surface area contributed by atoms with Crippen LogP contribution in [0.2, 0.25) is 0 Å². The molecule has 0 amide bonds. The minimum Gasteiger partial charge on any atom is -0.493 e. The summed E-state index contributed by atoms with van der Waals surface area (Å²) in [5, 5.41) is 8.20. The third kappa shape index (κ3) is 6.49. The van der Waals surface area contributed by atoms with E-state index in [-0.39, 0.29) is 5.41 Å². The van der Waals surface area contributed by atoms with Gasteiger partial charge in [-0.2, -0.15) is 0 Å². The maximum Gasteiger partial charge on any atom is 0.328 e. The molecule has 0 spiro atoms. The predicted octanol–water partition coefficient (Wildman–Crippen LogP) is 5.11. The van der Waals surface area contributed by atoms with Gasteiger partial charge in [0.15, 0.2) is 11.5 Å². The molecule has 25 heavy (non-hydrogen) atoms. The smallest absolute Gasteiger partial charge is 0.328 e. The van der Waals surface area contributed by atoms with E-state index in [4.69, 9.17) is 14.6 Å². The van der Waals surface area contributed by atoms with E-state index >= 15 is 0 Å². The monoisotopic (exact) mass is 344 g/mol. The van der Waals surface area contributed by atoms with Gasteiger partial charge >= 0.3 is 5.97 Å². The first-order chi connectivity index (χ1) is 11.7. The number of methoxy groups -OCH3 is 1. The molecule has 2 rings (SSSR count). The molecule has 0 fully saturated rings. The molecule has 0 unspecified atom stereocenters. The first-order valence-corrected chi connectivity index (χ1v) is 8.23. The fourth-order valence-electron chi connectivity index (χ4n) is 2.61. The van der Waals surface area contributed by atoms with Gasteiger partial charge in [-0.3, -0.25) is 0 Å². The van der Waals surface area contributed by atoms with Crippen LogP contribution in [-0.4, -0.2) is 24.8 Å². The zero-order valence-electron chi connectivity index (χ0n) is 15.9. The molecule has 1 N–H and O–H groups in total. The van der Waals surface area contributed by atoms with Crippen LogP contribution in [0.3, 0.4) is 0 Å². The zero-order chi connectivity index (χ0) is 19.0. The van der Waals surface area contributed by atoms with Crippen LogP contribution < -0.4 is 9.47 Å². The average molecular weight is 344 g/mol. The van der Waals surface area contributed by atoms with E-state index in [2.05, 4.69) is 32.9 Å². The summed E-state index contributed by atoms with van der Waals surface area (Å²) < 4.78 is 11.2. The minimum absolute atomic E-state index is 0.0636. The Morgan fingerprint density at radius 1 is 1.36 bits per heavy atom. The third-order valence-electron chi connectivity index (χ3n) is 3.60. The van der Waals surface area contributed by atoms with Crippen LogP contribution in [0.4, 0.5) is 0 Å². The van der Waals surface area contributed by atoms with E-state index in [0.717, 1.165) is 22.6 Å². The molecule has 0 saturated heterocycles. The normalized spacial score (nSPS) is 15.9. The Morgan fingerprint density at radius 3 is 2.60 bits per heavy atom. The fraction of sp³-hybridized carbons (Fsp3) is 0.381. The summed E-state index contributed by atoms with van der Waals surface area (Å²) >= 11 is 0. The Bertz CT molecular complexity index is 694. The Hall–Kier alpha value is -2.49. The molecule has 0 atom stereocenters. The Kier molecular flexibility index (Phi) is 7.49. The van der Waals surface area contributed by atoms with E-state index in [9.17, 15) is 4.79 Å². The second-order valence-corrected chi connectivity index (χ2v) is 6.67. The van der Waals surface area contributed by atoms with Crippen LogP contribution in [0.25, 0.3) is 5.57 Å². The van der Waals surface area contributed by atoms with Crippen molar-refractivity contribution < 1.29 is 19.4 Å². The largest absolute Gasteiger partial charge is 0.493 e. The third-order valence-corrected chi connectivity index (χ3v) is 3.60. The highest BCUT2D eigenvalue weighted by atomic mass is 16.5. The topological polar surface area (TPSA) is 55.8 Å². The predicted molar refractivity (Wildman–Crippen MR) is 102 cm³/mol. The van der Waals surface area contributed by atoms with Crippen molar-refractivity contribution in [3.8, 4) is 11.5 Å². The van der Waals surface area contributed by atoms with Gasteiger partial charge in [0.05, 0.1) is 13.7 Å². The van der Waals surface area contributed by atoms with Crippen LogP contribution in [0, 0.1) is 5.41 Å². The highest BCUT2D eigenvalue weighted by Crippen LogP contribution is 2.40. The molecule has 1 aliphatic rings. The number of hydrogen-bond acceptors (Lipinski definition) is 3. The molecule has 0 aromatic heterocycles. The summed E-state index contributed by atoms with van der Waals surface area (Å²) in [5.41, 5.74) is 3.19. The average Bonchev–Trinajstić information content (AvgIpc) is 2.63. The van der Waals surface area contributed by atoms with Gasteiger partial charge in [-0.25, -0.2) is 4.79 Å². The Morgan fingerprint density at radius 2 is 2.04 bits per heavy atom. The number of benzene rings is 1. The van der Waals surface area contributed by atoms with E-state index in [1.807, 2.05) is 19.1 Å². The number of carboxylic acids is 1. The summed E-state index contributed by atoms with van der Waals surface area (Å²) in [6, 6.07) is 6.01. The van der Waals surface area contributed by atoms with Crippen molar-refractivity contribution in [1.29, 1.82) is 0 Å². The Labute approximate surface area is 150 Å². The van der Waals surface area contributed by atoms with E-state index in [0.29, 0.717) is 6.61 Å². The van der Waals surface area contributed by atoms with Crippen molar-refractivity contribution in [3.63, 3.8) is 0 Å². The van der Waals surface area contributed by atoms with Gasteiger partial charge in [0.2, 0.25) is 0 Å². The number of rotatable bonds is 3. The summed E-state index contributed by atoms with van der Waals surface area (Å²) in [6.45, 7) is 10.7. The Balaban J connectivity index is 0.000000299. The number of ether oxygens (including phenoxy) is 2. The highest BCUT2D eigenvalue weighted by molar-refractivity contribution is 5.81. The summed E-state index contributed by atoms with van der Waals surface area (Å²) in [6.07, 6.45) is 6.97. The van der Waals surface area contributed by atoms with Crippen molar-refractivity contribution in [1.82, 2.24) is 0 Å². The number of aliphatic carboxylic acids is 1. The number of carboxylic acid groups (broad SMARTS) is 1. The maximum atomic E-state index is 9.97. The molecule has 4 nitrogen and oxygen atoms in total. The molecule has 0 radical (unpaired) electrons. The second kappa shape index (κ2) is 9.11. The highest BCUT2D eigenvalue weighted by Gasteiger charge is 2.23. The van der Waals surface area contributed by atoms with Gasteiger partial charge in [-0.1, -0.05) is 44.2 Å². The van der Waals surface area contributed by atoms with Crippen LogP contribution in [-0.2, 0) is 4.79 Å². The molecular formula is C21H28O4. The standard InChI is InChI=1S/C14H18O2.C7H10O2/c1-10-8-14(2,3)9-16-13-11(10)6-5-7-12(13)15-4;1-3-4-6(2)5-7(8)9/h5-8H,9H2,1-4H3;3-5H,1-2H3,(H,8,9)/b;4-3+,6-5+. The molecule has 0 bridgehead atoms. The number of carbonyl (C=O) groups is 1. The molecule has 1 aromatic rings. The molecule has 0 saturated carbocycles. The fourth-order valence-corrected chi connectivity index (χ4v) is 2.61. The molecule has 1 aliphatic heterocycles. The lowest BCUT2D eigenvalue weighted by atomic mass is 9.91. The molecule has 4 heteroatoms. The second-order valence-electron chi connectivity index (χ2n) is 6.67. The van der Waals surface area contributed by atoms with Gasteiger partial charge in [0, 0.05) is 17.1 Å². The van der Waals surface area contributed by atoms with Gasteiger partial charge in [0.1, 0.15) is 0 Å². The molecule has 1 aromatic carbocycles. The SMILES string of the molecule is C/C=C/C(C)=C/C(=O)O.COc1cccc2c1OCC(C)(C)C=C2C. The molecule has 0 aliphatic carbocycles. The molecule has 136 valence electrons. The van der Waals surface area contributed by atoms with Crippen LogP contribution in [0.5, 0.6) is 11.5 Å².